The summed E-state index contributed by atoms with van der Waals surface area (Å²) >= 11 is 3.90. The first-order valence-electron chi connectivity index (χ1n) is 6.08. The molecule has 19 heavy (non-hydrogen) atoms. The zero-order chi connectivity index (χ0) is 14.6. The van der Waals surface area contributed by atoms with Crippen molar-refractivity contribution in [3.8, 4) is 0 Å². The van der Waals surface area contributed by atoms with Crippen LogP contribution in [-0.4, -0.2) is 58.2 Å². The van der Waals surface area contributed by atoms with E-state index >= 15 is 0 Å². The number of nitrogens with one attached hydrogen (secondary N) is 1. The summed E-state index contributed by atoms with van der Waals surface area (Å²) in [5.74, 6) is -1.71. The van der Waals surface area contributed by atoms with Crippen LogP contribution in [0.15, 0.2) is 0 Å². The molecular weight excluding hydrogens is 270 g/mol. The Morgan fingerprint density at radius 1 is 1.53 bits per heavy atom. The van der Waals surface area contributed by atoms with E-state index in [9.17, 15) is 14.4 Å². The van der Waals surface area contributed by atoms with Gasteiger partial charge < -0.3 is 21.1 Å². The van der Waals surface area contributed by atoms with E-state index in [1.807, 2.05) is 0 Å². The second kappa shape index (κ2) is 6.76. The largest absolute Gasteiger partial charge is 0.480 e. The highest BCUT2D eigenvalue weighted by Crippen LogP contribution is 2.18. The number of aliphatic carboxylic acids is 1. The van der Waals surface area contributed by atoms with Crippen LogP contribution in [0.4, 0.5) is 0 Å². The van der Waals surface area contributed by atoms with Crippen molar-refractivity contribution in [2.45, 2.75) is 37.9 Å². The molecule has 1 rings (SSSR count). The van der Waals surface area contributed by atoms with Crippen LogP contribution in [0.5, 0.6) is 0 Å². The molecule has 1 aliphatic rings. The van der Waals surface area contributed by atoms with Gasteiger partial charge in [0.15, 0.2) is 0 Å². The van der Waals surface area contributed by atoms with E-state index in [0.717, 1.165) is 0 Å². The van der Waals surface area contributed by atoms with Crippen molar-refractivity contribution in [1.82, 2.24) is 10.2 Å². The Labute approximate surface area is 116 Å². The molecule has 1 fully saturated rings. The number of nitrogens with two attached hydrogens (primary N) is 1. The van der Waals surface area contributed by atoms with Gasteiger partial charge in [-0.2, -0.15) is 12.6 Å². The predicted octanol–water partition coefficient (Wildman–Crippen LogP) is -1.18. The highest BCUT2D eigenvalue weighted by atomic mass is 32.1. The monoisotopic (exact) mass is 289 g/mol. The van der Waals surface area contributed by atoms with Crippen LogP contribution in [-0.2, 0) is 14.4 Å². The molecule has 3 atom stereocenters. The maximum atomic E-state index is 12.1. The normalized spacial score (nSPS) is 21.8. The molecule has 0 aromatic carbocycles. The third-order valence-electron chi connectivity index (χ3n) is 3.08. The Morgan fingerprint density at radius 3 is 2.68 bits per heavy atom. The van der Waals surface area contributed by atoms with E-state index in [0.29, 0.717) is 19.4 Å². The smallest absolute Gasteiger partial charge is 0.326 e. The molecule has 0 spiro atoms. The van der Waals surface area contributed by atoms with Crippen molar-refractivity contribution in [2.24, 2.45) is 5.73 Å². The molecule has 0 aromatic rings. The van der Waals surface area contributed by atoms with E-state index in [2.05, 4.69) is 17.9 Å². The van der Waals surface area contributed by atoms with Crippen molar-refractivity contribution < 1.29 is 19.5 Å². The Hall–Kier alpha value is -1.28. The van der Waals surface area contributed by atoms with Crippen molar-refractivity contribution in [1.29, 1.82) is 0 Å². The fourth-order valence-electron chi connectivity index (χ4n) is 2.00. The number of likely N-dealkylation sites (tertiary alicyclic amines) is 1. The third-order valence-corrected chi connectivity index (χ3v) is 3.48. The fraction of sp³-hybridized carbons (Fsp3) is 0.727. The van der Waals surface area contributed by atoms with Gasteiger partial charge in [-0.15, -0.1) is 0 Å². The van der Waals surface area contributed by atoms with Gasteiger partial charge in [0.1, 0.15) is 12.1 Å². The number of hydrogen-bond acceptors (Lipinski definition) is 5. The summed E-state index contributed by atoms with van der Waals surface area (Å²) in [4.78, 5) is 35.9. The van der Waals surface area contributed by atoms with E-state index in [1.54, 1.807) is 0 Å². The molecule has 0 radical (unpaired) electrons. The number of carboxylic acids is 1. The molecule has 0 aromatic heterocycles. The van der Waals surface area contributed by atoms with Crippen LogP contribution in [0.1, 0.15) is 19.8 Å². The number of amides is 2. The first-order chi connectivity index (χ1) is 8.88. The van der Waals surface area contributed by atoms with Gasteiger partial charge in [-0.1, -0.05) is 0 Å². The lowest BCUT2D eigenvalue weighted by Crippen LogP contribution is -2.53. The molecule has 1 aliphatic heterocycles. The van der Waals surface area contributed by atoms with Crippen molar-refractivity contribution in [3.63, 3.8) is 0 Å². The summed E-state index contributed by atoms with van der Waals surface area (Å²) < 4.78 is 0. The summed E-state index contributed by atoms with van der Waals surface area (Å²) in [5, 5.41) is 11.5. The Balaban J connectivity index is 2.62. The third kappa shape index (κ3) is 3.84. The predicted molar refractivity (Wildman–Crippen MR) is 71.8 cm³/mol. The number of carbonyl (C=O) groups excluding carboxylic acids is 2. The van der Waals surface area contributed by atoms with Gasteiger partial charge in [-0.05, 0) is 19.8 Å². The van der Waals surface area contributed by atoms with Crippen LogP contribution < -0.4 is 11.1 Å². The number of carbonyl (C=O) groups is 3. The molecule has 0 saturated carbocycles. The van der Waals surface area contributed by atoms with Crippen molar-refractivity contribution >= 4 is 30.4 Å². The summed E-state index contributed by atoms with van der Waals surface area (Å²) in [6.07, 6.45) is 1.09. The van der Waals surface area contributed by atoms with Gasteiger partial charge >= 0.3 is 5.97 Å². The van der Waals surface area contributed by atoms with Crippen molar-refractivity contribution in [2.75, 3.05) is 12.3 Å². The van der Waals surface area contributed by atoms with Crippen LogP contribution in [0, 0.1) is 0 Å². The number of thiol groups is 1. The summed E-state index contributed by atoms with van der Waals surface area (Å²) in [5.41, 5.74) is 5.49. The second-order valence-corrected chi connectivity index (χ2v) is 4.91. The molecular formula is C11H19N3O4S. The molecule has 108 valence electrons. The van der Waals surface area contributed by atoms with Crippen LogP contribution >= 0.6 is 12.6 Å². The minimum atomic E-state index is -1.02. The van der Waals surface area contributed by atoms with Crippen LogP contribution in [0.3, 0.4) is 0 Å². The van der Waals surface area contributed by atoms with E-state index in [1.165, 1.54) is 11.8 Å². The first kappa shape index (κ1) is 15.8. The first-order valence-corrected chi connectivity index (χ1v) is 6.71. The molecule has 1 heterocycles. The van der Waals surface area contributed by atoms with Crippen LogP contribution in [0.25, 0.3) is 0 Å². The van der Waals surface area contributed by atoms with Crippen LogP contribution in [0.2, 0.25) is 0 Å². The Bertz CT molecular complexity index is 377. The molecule has 0 bridgehead atoms. The summed E-state index contributed by atoms with van der Waals surface area (Å²) in [6, 6.07) is -2.38. The summed E-state index contributed by atoms with van der Waals surface area (Å²) in [6.45, 7) is 1.91. The van der Waals surface area contributed by atoms with E-state index in [4.69, 9.17) is 10.8 Å². The zero-order valence-corrected chi connectivity index (χ0v) is 11.6. The molecule has 0 aliphatic carbocycles. The molecule has 2 amide bonds. The van der Waals surface area contributed by atoms with E-state index < -0.39 is 35.9 Å². The molecule has 4 N–H and O–H groups in total. The maximum Gasteiger partial charge on any atom is 0.326 e. The summed E-state index contributed by atoms with van der Waals surface area (Å²) in [7, 11) is 0. The number of hydrogen-bond donors (Lipinski definition) is 4. The van der Waals surface area contributed by atoms with Gasteiger partial charge in [0.2, 0.25) is 11.8 Å². The standard InChI is InChI=1S/C11H19N3O4S/c1-6(13-9(15)7(12)5-19)10(16)14-4-2-3-8(14)11(17)18/h6-8,19H,2-5,12H2,1H3,(H,13,15)(H,17,18)/t6-,7-,8+/m0/s1. The number of rotatable bonds is 5. The highest BCUT2D eigenvalue weighted by Gasteiger charge is 2.36. The minimum Gasteiger partial charge on any atom is -0.480 e. The van der Waals surface area contributed by atoms with Gasteiger partial charge in [0, 0.05) is 12.3 Å². The van der Waals surface area contributed by atoms with E-state index in [-0.39, 0.29) is 5.75 Å². The maximum absolute atomic E-state index is 12.1. The molecule has 1 saturated heterocycles. The highest BCUT2D eigenvalue weighted by molar-refractivity contribution is 7.80. The molecule has 7 nitrogen and oxygen atoms in total. The van der Waals surface area contributed by atoms with Gasteiger partial charge in [-0.3, -0.25) is 9.59 Å². The van der Waals surface area contributed by atoms with Gasteiger partial charge in [-0.25, -0.2) is 4.79 Å². The number of carboxylic acid groups (broad SMARTS) is 1. The topological polar surface area (TPSA) is 113 Å². The van der Waals surface area contributed by atoms with Gasteiger partial charge in [0.25, 0.3) is 0 Å². The Kier molecular flexibility index (Phi) is 5.61. The van der Waals surface area contributed by atoms with Crippen molar-refractivity contribution in [3.05, 3.63) is 0 Å². The average molecular weight is 289 g/mol. The lowest BCUT2D eigenvalue weighted by atomic mass is 10.2. The van der Waals surface area contributed by atoms with Gasteiger partial charge in [0.05, 0.1) is 6.04 Å². The number of nitrogens with zero attached hydrogens (tertiary/aromatic N) is 1. The molecule has 8 heteroatoms. The molecule has 0 unspecified atom stereocenters. The lowest BCUT2D eigenvalue weighted by Gasteiger charge is -2.25. The lowest BCUT2D eigenvalue weighted by molar-refractivity contribution is -0.149. The fourth-order valence-corrected chi connectivity index (χ4v) is 2.17. The second-order valence-electron chi connectivity index (χ2n) is 4.55. The Morgan fingerprint density at radius 2 is 2.16 bits per heavy atom. The SMILES string of the molecule is C[C@H](NC(=O)[C@@H](N)CS)C(=O)N1CCC[C@@H]1C(=O)O. The quantitative estimate of drug-likeness (QED) is 0.476. The average Bonchev–Trinajstić information content (AvgIpc) is 2.85. The minimum absolute atomic E-state index is 0.175. The zero-order valence-electron chi connectivity index (χ0n) is 10.7.